The first-order valence-electron chi connectivity index (χ1n) is 6.66. The van der Waals surface area contributed by atoms with E-state index in [9.17, 15) is 4.79 Å². The van der Waals surface area contributed by atoms with Crippen LogP contribution in [-0.4, -0.2) is 21.0 Å². The Bertz CT molecular complexity index is 925. The quantitative estimate of drug-likeness (QED) is 0.602. The zero-order valence-electron chi connectivity index (χ0n) is 11.9. The van der Waals surface area contributed by atoms with Gasteiger partial charge in [0.2, 0.25) is 5.88 Å². The van der Waals surface area contributed by atoms with E-state index in [0.29, 0.717) is 32.0 Å². The predicted octanol–water partition coefficient (Wildman–Crippen LogP) is 5.56. The van der Waals surface area contributed by atoms with Crippen molar-refractivity contribution in [2.24, 2.45) is 0 Å². The number of benzene rings is 2. The third kappa shape index (κ3) is 3.48. The molecule has 0 radical (unpaired) electrons. The molecule has 1 N–H and O–H groups in total. The van der Waals surface area contributed by atoms with Crippen LogP contribution in [0, 0.1) is 0 Å². The SMILES string of the molecule is O=C(O)Oc1cc(-c2ccc(Cl)cc2Cl)n(-c2cccc(Cl)c2)n1. The number of hydrogen-bond donors (Lipinski definition) is 1. The maximum Gasteiger partial charge on any atom is 0.512 e. The van der Waals surface area contributed by atoms with Gasteiger partial charge in [-0.15, -0.1) is 5.10 Å². The molecule has 0 amide bonds. The summed E-state index contributed by atoms with van der Waals surface area (Å²) in [5, 5.41) is 14.4. The second-order valence-corrected chi connectivity index (χ2v) is 6.03. The lowest BCUT2D eigenvalue weighted by atomic mass is 10.1. The molecule has 2 aromatic carbocycles. The molecule has 0 bridgehead atoms. The minimum Gasteiger partial charge on any atom is -0.449 e. The Hall–Kier alpha value is -2.21. The minimum absolute atomic E-state index is 0.0801. The molecular formula is C16H9Cl3N2O3. The smallest absolute Gasteiger partial charge is 0.449 e. The highest BCUT2D eigenvalue weighted by Crippen LogP contribution is 2.34. The van der Waals surface area contributed by atoms with E-state index in [1.54, 1.807) is 42.5 Å². The Morgan fingerprint density at radius 3 is 2.46 bits per heavy atom. The van der Waals surface area contributed by atoms with E-state index < -0.39 is 6.16 Å². The fourth-order valence-corrected chi connectivity index (χ4v) is 2.88. The standard InChI is InChI=1S/C16H9Cl3N2O3/c17-9-2-1-3-11(6-9)21-14(8-15(20-21)24-16(22)23)12-5-4-10(18)7-13(12)19/h1-8H,(H,22,23). The van der Waals surface area contributed by atoms with Crippen LogP contribution in [0.5, 0.6) is 5.88 Å². The molecule has 0 unspecified atom stereocenters. The van der Waals surface area contributed by atoms with E-state index in [1.165, 1.54) is 10.7 Å². The van der Waals surface area contributed by atoms with Crippen molar-refractivity contribution in [1.29, 1.82) is 0 Å². The molecule has 1 heterocycles. The fourth-order valence-electron chi connectivity index (χ4n) is 2.19. The van der Waals surface area contributed by atoms with Gasteiger partial charge in [-0.2, -0.15) is 0 Å². The van der Waals surface area contributed by atoms with Gasteiger partial charge in [0.1, 0.15) is 0 Å². The van der Waals surface area contributed by atoms with Crippen LogP contribution in [0.1, 0.15) is 0 Å². The third-order valence-corrected chi connectivity index (χ3v) is 3.92. The number of carboxylic acid groups (broad SMARTS) is 1. The highest BCUT2D eigenvalue weighted by atomic mass is 35.5. The molecule has 0 aliphatic rings. The van der Waals surface area contributed by atoms with Crippen molar-refractivity contribution in [3.05, 3.63) is 63.6 Å². The second kappa shape index (κ2) is 6.73. The van der Waals surface area contributed by atoms with Crippen LogP contribution in [0.4, 0.5) is 4.79 Å². The number of aromatic nitrogens is 2. The van der Waals surface area contributed by atoms with Gasteiger partial charge in [-0.3, -0.25) is 0 Å². The average Bonchev–Trinajstić information content (AvgIpc) is 2.90. The number of hydrogen-bond acceptors (Lipinski definition) is 3. The van der Waals surface area contributed by atoms with Gasteiger partial charge in [0.15, 0.2) is 0 Å². The fraction of sp³-hybridized carbons (Fsp3) is 0. The van der Waals surface area contributed by atoms with E-state index in [2.05, 4.69) is 9.84 Å². The Balaban J connectivity index is 2.19. The van der Waals surface area contributed by atoms with E-state index in [1.807, 2.05) is 0 Å². The number of ether oxygens (including phenoxy) is 1. The van der Waals surface area contributed by atoms with Crippen molar-refractivity contribution in [2.45, 2.75) is 0 Å². The van der Waals surface area contributed by atoms with Crippen LogP contribution >= 0.6 is 34.8 Å². The molecule has 122 valence electrons. The molecular weight excluding hydrogens is 375 g/mol. The van der Waals surface area contributed by atoms with Gasteiger partial charge in [0.25, 0.3) is 0 Å². The van der Waals surface area contributed by atoms with Crippen molar-refractivity contribution < 1.29 is 14.6 Å². The molecule has 5 nitrogen and oxygen atoms in total. The van der Waals surface area contributed by atoms with Crippen LogP contribution in [0.2, 0.25) is 15.1 Å². The van der Waals surface area contributed by atoms with Crippen molar-refractivity contribution in [3.63, 3.8) is 0 Å². The summed E-state index contributed by atoms with van der Waals surface area (Å²) in [7, 11) is 0. The van der Waals surface area contributed by atoms with Crippen LogP contribution < -0.4 is 4.74 Å². The molecule has 0 aliphatic carbocycles. The molecule has 24 heavy (non-hydrogen) atoms. The first-order chi connectivity index (χ1) is 11.4. The Labute approximate surface area is 151 Å². The molecule has 0 aliphatic heterocycles. The summed E-state index contributed by atoms with van der Waals surface area (Å²) < 4.78 is 6.15. The van der Waals surface area contributed by atoms with Crippen molar-refractivity contribution in [3.8, 4) is 22.8 Å². The summed E-state index contributed by atoms with van der Waals surface area (Å²) in [6.07, 6.45) is -1.46. The summed E-state index contributed by atoms with van der Waals surface area (Å²) in [5.74, 6) is -0.0801. The highest BCUT2D eigenvalue weighted by molar-refractivity contribution is 6.36. The number of rotatable bonds is 3. The van der Waals surface area contributed by atoms with Crippen LogP contribution in [0.25, 0.3) is 16.9 Å². The highest BCUT2D eigenvalue weighted by Gasteiger charge is 2.17. The Kier molecular flexibility index (Phi) is 4.66. The monoisotopic (exact) mass is 382 g/mol. The van der Waals surface area contributed by atoms with E-state index in [0.717, 1.165) is 0 Å². The summed E-state index contributed by atoms with van der Waals surface area (Å²) >= 11 is 18.2. The van der Waals surface area contributed by atoms with Crippen LogP contribution in [-0.2, 0) is 0 Å². The normalized spacial score (nSPS) is 10.6. The average molecular weight is 384 g/mol. The molecule has 8 heteroatoms. The molecule has 0 spiro atoms. The second-order valence-electron chi connectivity index (χ2n) is 4.75. The van der Waals surface area contributed by atoms with Gasteiger partial charge in [0.05, 0.1) is 16.4 Å². The molecule has 0 atom stereocenters. The van der Waals surface area contributed by atoms with E-state index in [4.69, 9.17) is 39.9 Å². The first kappa shape index (κ1) is 16.6. The molecule has 0 saturated heterocycles. The predicted molar refractivity (Wildman–Crippen MR) is 92.7 cm³/mol. The molecule has 0 fully saturated rings. The van der Waals surface area contributed by atoms with Gasteiger partial charge >= 0.3 is 6.16 Å². The molecule has 3 rings (SSSR count). The van der Waals surface area contributed by atoms with Gasteiger partial charge in [-0.05, 0) is 36.4 Å². The summed E-state index contributed by atoms with van der Waals surface area (Å²) in [5.41, 5.74) is 1.78. The zero-order chi connectivity index (χ0) is 17.3. The maximum atomic E-state index is 10.8. The maximum absolute atomic E-state index is 10.8. The Morgan fingerprint density at radius 1 is 1.04 bits per heavy atom. The lowest BCUT2D eigenvalue weighted by Gasteiger charge is -2.09. The minimum atomic E-state index is -1.46. The van der Waals surface area contributed by atoms with Crippen molar-refractivity contribution >= 4 is 41.0 Å². The lowest BCUT2D eigenvalue weighted by molar-refractivity contribution is 0.142. The summed E-state index contributed by atoms with van der Waals surface area (Å²) in [6, 6.07) is 13.4. The first-order valence-corrected chi connectivity index (χ1v) is 7.79. The zero-order valence-corrected chi connectivity index (χ0v) is 14.2. The largest absolute Gasteiger partial charge is 0.512 e. The summed E-state index contributed by atoms with van der Waals surface area (Å²) in [6.45, 7) is 0. The van der Waals surface area contributed by atoms with Gasteiger partial charge in [0, 0.05) is 21.7 Å². The number of halogens is 3. The topological polar surface area (TPSA) is 64.3 Å². The van der Waals surface area contributed by atoms with Crippen LogP contribution in [0.3, 0.4) is 0 Å². The van der Waals surface area contributed by atoms with E-state index >= 15 is 0 Å². The van der Waals surface area contributed by atoms with Crippen molar-refractivity contribution in [1.82, 2.24) is 9.78 Å². The molecule has 1 aromatic heterocycles. The van der Waals surface area contributed by atoms with E-state index in [-0.39, 0.29) is 5.88 Å². The van der Waals surface area contributed by atoms with Crippen molar-refractivity contribution in [2.75, 3.05) is 0 Å². The molecule has 3 aromatic rings. The Morgan fingerprint density at radius 2 is 1.79 bits per heavy atom. The third-order valence-electron chi connectivity index (χ3n) is 3.14. The number of nitrogens with zero attached hydrogens (tertiary/aromatic N) is 2. The van der Waals surface area contributed by atoms with Crippen LogP contribution in [0.15, 0.2) is 48.5 Å². The number of carbonyl (C=O) groups is 1. The van der Waals surface area contributed by atoms with Gasteiger partial charge < -0.3 is 9.84 Å². The van der Waals surface area contributed by atoms with Gasteiger partial charge in [-0.1, -0.05) is 40.9 Å². The lowest BCUT2D eigenvalue weighted by Crippen LogP contribution is -2.04. The molecule has 0 saturated carbocycles. The van der Waals surface area contributed by atoms with Gasteiger partial charge in [-0.25, -0.2) is 9.48 Å². The summed E-state index contributed by atoms with van der Waals surface area (Å²) in [4.78, 5) is 10.8.